The molecule has 1 rings (SSSR count). The molecule has 0 radical (unpaired) electrons. The number of pyridine rings is 1. The van der Waals surface area contributed by atoms with E-state index in [1.54, 1.807) is 25.1 Å². The van der Waals surface area contributed by atoms with Gasteiger partial charge >= 0.3 is 0 Å². The first-order chi connectivity index (χ1) is 9.01. The second-order valence-corrected chi connectivity index (χ2v) is 4.71. The van der Waals surface area contributed by atoms with Crippen LogP contribution in [0.15, 0.2) is 12.3 Å². The second-order valence-electron chi connectivity index (χ2n) is 4.30. The maximum atomic E-state index is 12.4. The quantitative estimate of drug-likeness (QED) is 0.871. The van der Waals surface area contributed by atoms with Crippen LogP contribution in [0.25, 0.3) is 0 Å². The van der Waals surface area contributed by atoms with Gasteiger partial charge in [0.15, 0.2) is 0 Å². The highest BCUT2D eigenvalue weighted by Gasteiger charge is 2.20. The first-order valence-corrected chi connectivity index (χ1v) is 6.54. The fourth-order valence-electron chi connectivity index (χ4n) is 1.62. The van der Waals surface area contributed by atoms with Gasteiger partial charge in [0.25, 0.3) is 5.91 Å². The number of carbonyl (C=O) groups is 1. The van der Waals surface area contributed by atoms with Gasteiger partial charge in [0.2, 0.25) is 0 Å². The smallest absolute Gasteiger partial charge is 0.255 e. The molecule has 1 amide bonds. The predicted molar refractivity (Wildman–Crippen MR) is 76.8 cm³/mol. The minimum Gasteiger partial charge on any atom is -0.383 e. The molecule has 0 aromatic carbocycles. The monoisotopic (exact) mass is 285 g/mol. The zero-order valence-electron chi connectivity index (χ0n) is 11.7. The van der Waals surface area contributed by atoms with E-state index < -0.39 is 0 Å². The summed E-state index contributed by atoms with van der Waals surface area (Å²) in [7, 11) is 3.34. The van der Waals surface area contributed by atoms with E-state index in [4.69, 9.17) is 16.3 Å². The summed E-state index contributed by atoms with van der Waals surface area (Å²) in [5.74, 6) is 0.499. The van der Waals surface area contributed by atoms with Crippen LogP contribution in [-0.4, -0.2) is 49.1 Å². The lowest BCUT2D eigenvalue weighted by Gasteiger charge is -2.24. The number of aromatic nitrogens is 1. The first kappa shape index (κ1) is 15.7. The van der Waals surface area contributed by atoms with Gasteiger partial charge in [0.05, 0.1) is 23.2 Å². The summed E-state index contributed by atoms with van der Waals surface area (Å²) < 4.78 is 5.05. The van der Waals surface area contributed by atoms with Crippen LogP contribution in [0, 0.1) is 0 Å². The molecule has 19 heavy (non-hydrogen) atoms. The van der Waals surface area contributed by atoms with Crippen LogP contribution in [0.2, 0.25) is 5.02 Å². The maximum Gasteiger partial charge on any atom is 0.255 e. The van der Waals surface area contributed by atoms with Crippen molar-refractivity contribution in [2.45, 2.75) is 19.9 Å². The standard InChI is InChI=1S/C13H20ClN3O2/c1-5-15-12-6-10(11(14)7-16-12)13(18)17(3)9(2)8-19-4/h6-7,9H,5,8H2,1-4H3,(H,15,16). The van der Waals surface area contributed by atoms with E-state index >= 15 is 0 Å². The van der Waals surface area contributed by atoms with E-state index in [0.29, 0.717) is 23.0 Å². The minimum absolute atomic E-state index is 0.0238. The fraction of sp³-hybridized carbons (Fsp3) is 0.538. The van der Waals surface area contributed by atoms with Gasteiger partial charge in [-0.1, -0.05) is 11.6 Å². The Morgan fingerprint density at radius 2 is 2.32 bits per heavy atom. The molecular formula is C13H20ClN3O2. The first-order valence-electron chi connectivity index (χ1n) is 6.16. The molecule has 0 aliphatic heterocycles. The number of nitrogens with zero attached hydrogens (tertiary/aromatic N) is 2. The molecule has 5 nitrogen and oxygen atoms in total. The average Bonchev–Trinajstić information content (AvgIpc) is 2.40. The largest absolute Gasteiger partial charge is 0.383 e. The Bertz CT molecular complexity index is 440. The zero-order chi connectivity index (χ0) is 14.4. The van der Waals surface area contributed by atoms with Crippen LogP contribution in [0.4, 0.5) is 5.82 Å². The van der Waals surface area contributed by atoms with Gasteiger partial charge < -0.3 is 15.0 Å². The molecule has 1 atom stereocenters. The lowest BCUT2D eigenvalue weighted by Crippen LogP contribution is -2.38. The maximum absolute atomic E-state index is 12.4. The molecule has 0 bridgehead atoms. The van der Waals surface area contributed by atoms with Crippen molar-refractivity contribution in [1.29, 1.82) is 0 Å². The number of hydrogen-bond donors (Lipinski definition) is 1. The number of anilines is 1. The molecule has 1 N–H and O–H groups in total. The third-order valence-electron chi connectivity index (χ3n) is 2.83. The van der Waals surface area contributed by atoms with Crippen LogP contribution in [0.5, 0.6) is 0 Å². The Balaban J connectivity index is 2.94. The highest BCUT2D eigenvalue weighted by atomic mass is 35.5. The highest BCUT2D eigenvalue weighted by Crippen LogP contribution is 2.20. The average molecular weight is 286 g/mol. The van der Waals surface area contributed by atoms with Crippen molar-refractivity contribution >= 4 is 23.3 Å². The van der Waals surface area contributed by atoms with Crippen LogP contribution in [0.1, 0.15) is 24.2 Å². The van der Waals surface area contributed by atoms with Gasteiger partial charge in [-0.25, -0.2) is 4.98 Å². The Labute approximate surface area is 118 Å². The van der Waals surface area contributed by atoms with E-state index in [1.165, 1.54) is 6.20 Å². The molecule has 0 saturated carbocycles. The Hall–Kier alpha value is -1.33. The van der Waals surface area contributed by atoms with Crippen molar-refractivity contribution in [2.75, 3.05) is 32.6 Å². The molecule has 0 fully saturated rings. The number of likely N-dealkylation sites (N-methyl/N-ethyl adjacent to an activating group) is 1. The summed E-state index contributed by atoms with van der Waals surface area (Å²) >= 11 is 6.05. The van der Waals surface area contributed by atoms with Gasteiger partial charge in [0.1, 0.15) is 5.82 Å². The Morgan fingerprint density at radius 1 is 1.63 bits per heavy atom. The summed E-state index contributed by atoms with van der Waals surface area (Å²) in [5.41, 5.74) is 0.443. The highest BCUT2D eigenvalue weighted by molar-refractivity contribution is 6.33. The molecular weight excluding hydrogens is 266 g/mol. The van der Waals surface area contributed by atoms with Crippen LogP contribution in [-0.2, 0) is 4.74 Å². The van der Waals surface area contributed by atoms with Crippen LogP contribution < -0.4 is 5.32 Å². The lowest BCUT2D eigenvalue weighted by molar-refractivity contribution is 0.0633. The van der Waals surface area contributed by atoms with Crippen molar-refractivity contribution in [3.8, 4) is 0 Å². The number of methoxy groups -OCH3 is 1. The van der Waals surface area contributed by atoms with Crippen molar-refractivity contribution in [3.63, 3.8) is 0 Å². The number of carbonyl (C=O) groups excluding carboxylic acids is 1. The molecule has 0 aliphatic carbocycles. The van der Waals surface area contributed by atoms with Gasteiger partial charge in [0, 0.05) is 26.9 Å². The van der Waals surface area contributed by atoms with Crippen molar-refractivity contribution < 1.29 is 9.53 Å². The van der Waals surface area contributed by atoms with E-state index in [2.05, 4.69) is 10.3 Å². The van der Waals surface area contributed by atoms with Gasteiger partial charge in [-0.05, 0) is 19.9 Å². The van der Waals surface area contributed by atoms with E-state index in [1.807, 2.05) is 13.8 Å². The molecule has 6 heteroatoms. The number of nitrogens with one attached hydrogen (secondary N) is 1. The number of ether oxygens (including phenoxy) is 1. The molecule has 0 saturated heterocycles. The van der Waals surface area contributed by atoms with Crippen molar-refractivity contribution in [1.82, 2.24) is 9.88 Å². The molecule has 1 aromatic rings. The third kappa shape index (κ3) is 4.08. The number of amides is 1. The summed E-state index contributed by atoms with van der Waals surface area (Å²) in [4.78, 5) is 18.1. The van der Waals surface area contributed by atoms with Crippen LogP contribution >= 0.6 is 11.6 Å². The van der Waals surface area contributed by atoms with Gasteiger partial charge in [-0.2, -0.15) is 0 Å². The molecule has 0 spiro atoms. The molecule has 0 aliphatic rings. The molecule has 106 valence electrons. The minimum atomic E-state index is -0.142. The number of hydrogen-bond acceptors (Lipinski definition) is 4. The summed E-state index contributed by atoms with van der Waals surface area (Å²) in [5, 5.41) is 3.41. The summed E-state index contributed by atoms with van der Waals surface area (Å²) in [6.45, 7) is 5.09. The van der Waals surface area contributed by atoms with Crippen molar-refractivity contribution in [2.24, 2.45) is 0 Å². The van der Waals surface area contributed by atoms with E-state index in [0.717, 1.165) is 6.54 Å². The van der Waals surface area contributed by atoms with E-state index in [9.17, 15) is 4.79 Å². The fourth-order valence-corrected chi connectivity index (χ4v) is 1.81. The molecule has 1 aromatic heterocycles. The normalized spacial score (nSPS) is 12.1. The second kappa shape index (κ2) is 7.31. The summed E-state index contributed by atoms with van der Waals surface area (Å²) in [6, 6.07) is 1.65. The topological polar surface area (TPSA) is 54.5 Å². The van der Waals surface area contributed by atoms with E-state index in [-0.39, 0.29) is 11.9 Å². The zero-order valence-corrected chi connectivity index (χ0v) is 12.5. The SMILES string of the molecule is CCNc1cc(C(=O)N(C)C(C)COC)c(Cl)cn1. The molecule has 1 heterocycles. The Morgan fingerprint density at radius 3 is 2.89 bits per heavy atom. The summed E-state index contributed by atoms with van der Waals surface area (Å²) in [6.07, 6.45) is 1.49. The lowest BCUT2D eigenvalue weighted by atomic mass is 10.2. The third-order valence-corrected chi connectivity index (χ3v) is 3.13. The predicted octanol–water partition coefficient (Wildman–Crippen LogP) is 2.27. The number of rotatable bonds is 6. The van der Waals surface area contributed by atoms with Gasteiger partial charge in [-0.3, -0.25) is 4.79 Å². The van der Waals surface area contributed by atoms with Gasteiger partial charge in [-0.15, -0.1) is 0 Å². The van der Waals surface area contributed by atoms with Crippen LogP contribution in [0.3, 0.4) is 0 Å². The Kier molecular flexibility index (Phi) is 6.05. The number of halogens is 1. The van der Waals surface area contributed by atoms with Crippen molar-refractivity contribution in [3.05, 3.63) is 22.8 Å². The molecule has 1 unspecified atom stereocenters.